The lowest BCUT2D eigenvalue weighted by molar-refractivity contribution is 0.0461. The number of hydrogen-bond acceptors (Lipinski definition) is 5. The largest absolute Gasteiger partial charge is 0.454 e. The number of nitrogens with one attached hydrogen (secondary N) is 1. The van der Waals surface area contributed by atoms with Crippen LogP contribution in [0.1, 0.15) is 39.5 Å². The van der Waals surface area contributed by atoms with Gasteiger partial charge in [0.05, 0.1) is 10.9 Å². The molecule has 0 spiro atoms. The van der Waals surface area contributed by atoms with Crippen molar-refractivity contribution in [2.75, 3.05) is 0 Å². The average molecular weight is 419 g/mol. The van der Waals surface area contributed by atoms with E-state index in [1.165, 1.54) is 4.88 Å². The second kappa shape index (κ2) is 6.72. The van der Waals surface area contributed by atoms with Gasteiger partial charge >= 0.3 is 5.97 Å². The lowest BCUT2D eigenvalue weighted by Crippen LogP contribution is -2.15. The Labute approximate surface area is 156 Å². The molecule has 2 aromatic heterocycles. The fourth-order valence-electron chi connectivity index (χ4n) is 3.12. The van der Waals surface area contributed by atoms with E-state index in [2.05, 4.69) is 25.9 Å². The normalized spacial score (nSPS) is 13.6. The molecule has 5 nitrogen and oxygen atoms in total. The van der Waals surface area contributed by atoms with Gasteiger partial charge in [-0.05, 0) is 59.3 Å². The summed E-state index contributed by atoms with van der Waals surface area (Å²) in [6.45, 7) is -0.0616. The number of hydrogen-bond donors (Lipinski definition) is 1. The Morgan fingerprint density at radius 2 is 2.08 bits per heavy atom. The standard InChI is InChI=1S/C18H15BrN2O3S/c19-12-7-3-1-5-10(12)18(23)24-9-14-20-16(22)15-11-6-2-4-8-13(11)25-17(15)21-14/h1,3,5,7H,2,4,6,8-9H2,(H,20,21,22). The number of benzene rings is 1. The maximum atomic E-state index is 12.5. The molecule has 1 aromatic carbocycles. The van der Waals surface area contributed by atoms with Crippen LogP contribution in [-0.2, 0) is 24.2 Å². The van der Waals surface area contributed by atoms with Crippen molar-refractivity contribution in [3.63, 3.8) is 0 Å². The number of thiophene rings is 1. The van der Waals surface area contributed by atoms with Crippen LogP contribution in [-0.4, -0.2) is 15.9 Å². The van der Waals surface area contributed by atoms with Crippen molar-refractivity contribution < 1.29 is 9.53 Å². The molecule has 0 atom stereocenters. The number of fused-ring (bicyclic) bond motifs is 3. The number of carbonyl (C=O) groups is 1. The molecule has 0 amide bonds. The van der Waals surface area contributed by atoms with Gasteiger partial charge in [0, 0.05) is 9.35 Å². The van der Waals surface area contributed by atoms with E-state index in [4.69, 9.17) is 4.74 Å². The summed E-state index contributed by atoms with van der Waals surface area (Å²) in [6.07, 6.45) is 4.23. The summed E-state index contributed by atoms with van der Waals surface area (Å²) >= 11 is 4.91. The number of halogens is 1. The monoisotopic (exact) mass is 418 g/mol. The van der Waals surface area contributed by atoms with Crippen molar-refractivity contribution in [3.05, 3.63) is 60.9 Å². The highest BCUT2D eigenvalue weighted by Crippen LogP contribution is 2.33. The Bertz CT molecular complexity index is 1020. The molecule has 25 heavy (non-hydrogen) atoms. The molecule has 128 valence electrons. The number of rotatable bonds is 3. The Morgan fingerprint density at radius 3 is 2.92 bits per heavy atom. The van der Waals surface area contributed by atoms with Crippen molar-refractivity contribution >= 4 is 43.5 Å². The van der Waals surface area contributed by atoms with E-state index < -0.39 is 5.97 Å². The maximum absolute atomic E-state index is 12.5. The number of ether oxygens (including phenoxy) is 1. The molecule has 1 aliphatic rings. The van der Waals surface area contributed by atoms with Crippen molar-refractivity contribution in [3.8, 4) is 0 Å². The summed E-state index contributed by atoms with van der Waals surface area (Å²) in [5, 5.41) is 0.709. The second-order valence-electron chi connectivity index (χ2n) is 5.96. The number of H-pyrrole nitrogens is 1. The quantitative estimate of drug-likeness (QED) is 0.652. The average Bonchev–Trinajstić information content (AvgIpc) is 2.99. The molecular weight excluding hydrogens is 404 g/mol. The molecule has 0 fully saturated rings. The molecule has 0 bridgehead atoms. The molecule has 0 saturated carbocycles. The number of aromatic nitrogens is 2. The fourth-order valence-corrected chi connectivity index (χ4v) is 4.84. The molecule has 7 heteroatoms. The van der Waals surface area contributed by atoms with Gasteiger partial charge in [0.15, 0.2) is 0 Å². The highest BCUT2D eigenvalue weighted by Gasteiger charge is 2.20. The van der Waals surface area contributed by atoms with Gasteiger partial charge in [0.25, 0.3) is 5.56 Å². The fraction of sp³-hybridized carbons (Fsp3) is 0.278. The van der Waals surface area contributed by atoms with E-state index in [0.717, 1.165) is 36.1 Å². The predicted molar refractivity (Wildman–Crippen MR) is 100 cm³/mol. The molecule has 0 aliphatic heterocycles. The minimum atomic E-state index is -0.458. The number of aromatic amines is 1. The first kappa shape index (κ1) is 16.5. The summed E-state index contributed by atoms with van der Waals surface area (Å²) in [5.74, 6) is -0.0859. The van der Waals surface area contributed by atoms with E-state index in [1.807, 2.05) is 6.07 Å². The summed E-state index contributed by atoms with van der Waals surface area (Å²) in [7, 11) is 0. The van der Waals surface area contributed by atoms with E-state index in [0.29, 0.717) is 21.2 Å². The molecule has 0 saturated heterocycles. The Kier molecular flexibility index (Phi) is 4.43. The van der Waals surface area contributed by atoms with Crippen molar-refractivity contribution in [2.24, 2.45) is 0 Å². The van der Waals surface area contributed by atoms with Gasteiger partial charge in [-0.25, -0.2) is 9.78 Å². The Morgan fingerprint density at radius 1 is 1.28 bits per heavy atom. The molecule has 3 aromatic rings. The smallest absolute Gasteiger partial charge is 0.339 e. The van der Waals surface area contributed by atoms with Crippen molar-refractivity contribution in [1.29, 1.82) is 0 Å². The minimum absolute atomic E-state index is 0.0616. The third-order valence-corrected chi connectivity index (χ3v) is 6.19. The summed E-state index contributed by atoms with van der Waals surface area (Å²) < 4.78 is 5.97. The van der Waals surface area contributed by atoms with Gasteiger partial charge in [-0.1, -0.05) is 12.1 Å². The first-order valence-corrected chi connectivity index (χ1v) is 9.69. The lowest BCUT2D eigenvalue weighted by Gasteiger charge is -2.09. The van der Waals surface area contributed by atoms with Crippen LogP contribution in [0.25, 0.3) is 10.2 Å². The number of aryl methyl sites for hydroxylation is 2. The number of esters is 1. The third-order valence-electron chi connectivity index (χ3n) is 4.31. The summed E-state index contributed by atoms with van der Waals surface area (Å²) in [6, 6.07) is 7.05. The van der Waals surface area contributed by atoms with Gasteiger partial charge in [-0.2, -0.15) is 0 Å². The Balaban J connectivity index is 1.59. The van der Waals surface area contributed by atoms with E-state index in [-0.39, 0.29) is 12.2 Å². The van der Waals surface area contributed by atoms with E-state index in [1.54, 1.807) is 29.5 Å². The SMILES string of the molecule is O=C(OCc1nc2sc3c(c2c(=O)[nH]1)CCCC3)c1ccccc1Br. The van der Waals surface area contributed by atoms with Gasteiger partial charge in [-0.15, -0.1) is 11.3 Å². The first-order chi connectivity index (χ1) is 12.1. The lowest BCUT2D eigenvalue weighted by atomic mass is 9.97. The minimum Gasteiger partial charge on any atom is -0.454 e. The van der Waals surface area contributed by atoms with Crippen LogP contribution in [0.3, 0.4) is 0 Å². The molecule has 4 rings (SSSR count). The molecule has 1 N–H and O–H groups in total. The molecular formula is C18H15BrN2O3S. The van der Waals surface area contributed by atoms with Crippen molar-refractivity contribution in [2.45, 2.75) is 32.3 Å². The molecule has 0 radical (unpaired) electrons. The van der Waals surface area contributed by atoms with Crippen LogP contribution < -0.4 is 5.56 Å². The van der Waals surface area contributed by atoms with Crippen LogP contribution in [0.2, 0.25) is 0 Å². The number of nitrogens with zero attached hydrogens (tertiary/aromatic N) is 1. The number of carbonyl (C=O) groups excluding carboxylic acids is 1. The van der Waals surface area contributed by atoms with Gasteiger partial charge in [-0.3, -0.25) is 4.79 Å². The Hall–Kier alpha value is -1.99. The zero-order chi connectivity index (χ0) is 17.4. The maximum Gasteiger partial charge on any atom is 0.339 e. The predicted octanol–water partition coefficient (Wildman–Crippen LogP) is 3.98. The summed E-state index contributed by atoms with van der Waals surface area (Å²) in [4.78, 5) is 33.9. The second-order valence-corrected chi connectivity index (χ2v) is 7.90. The third kappa shape index (κ3) is 3.14. The highest BCUT2D eigenvalue weighted by molar-refractivity contribution is 9.10. The van der Waals surface area contributed by atoms with Crippen LogP contribution in [0, 0.1) is 0 Å². The van der Waals surface area contributed by atoms with Crippen LogP contribution in [0.4, 0.5) is 0 Å². The topological polar surface area (TPSA) is 72.0 Å². The zero-order valence-corrected chi connectivity index (χ0v) is 15.7. The molecule has 1 aliphatic carbocycles. The first-order valence-electron chi connectivity index (χ1n) is 8.08. The zero-order valence-electron chi connectivity index (χ0n) is 13.3. The highest BCUT2D eigenvalue weighted by atomic mass is 79.9. The van der Waals surface area contributed by atoms with Gasteiger partial charge in [0.1, 0.15) is 17.3 Å². The molecule has 0 unspecified atom stereocenters. The molecule has 2 heterocycles. The van der Waals surface area contributed by atoms with E-state index in [9.17, 15) is 9.59 Å². The van der Waals surface area contributed by atoms with Gasteiger partial charge < -0.3 is 9.72 Å². The van der Waals surface area contributed by atoms with E-state index >= 15 is 0 Å². The van der Waals surface area contributed by atoms with Crippen LogP contribution in [0.15, 0.2) is 33.5 Å². The van der Waals surface area contributed by atoms with Crippen LogP contribution in [0.5, 0.6) is 0 Å². The van der Waals surface area contributed by atoms with Gasteiger partial charge in [0.2, 0.25) is 0 Å². The van der Waals surface area contributed by atoms with Crippen molar-refractivity contribution in [1.82, 2.24) is 9.97 Å². The van der Waals surface area contributed by atoms with Crippen LogP contribution >= 0.6 is 27.3 Å². The summed E-state index contributed by atoms with van der Waals surface area (Å²) in [5.41, 5.74) is 1.45.